The van der Waals surface area contributed by atoms with Gasteiger partial charge < -0.3 is 5.73 Å². The van der Waals surface area contributed by atoms with Crippen LogP contribution in [0.1, 0.15) is 22.9 Å². The molecule has 1 aliphatic rings. The van der Waals surface area contributed by atoms with E-state index in [4.69, 9.17) is 5.73 Å². The average Bonchev–Trinajstić information content (AvgIpc) is 3.05. The summed E-state index contributed by atoms with van der Waals surface area (Å²) in [5.41, 5.74) is 4.82. The van der Waals surface area contributed by atoms with Gasteiger partial charge in [0.15, 0.2) is 0 Å². The van der Waals surface area contributed by atoms with E-state index in [9.17, 15) is 30.7 Å². The minimum absolute atomic E-state index is 0.0313. The van der Waals surface area contributed by atoms with Crippen LogP contribution in [0, 0.1) is 5.82 Å². The van der Waals surface area contributed by atoms with Crippen LogP contribution in [0.4, 0.5) is 42.1 Å². The van der Waals surface area contributed by atoms with Crippen LogP contribution in [0.25, 0.3) is 0 Å². The Kier molecular flexibility index (Phi) is 4.50. The third-order valence-electron chi connectivity index (χ3n) is 3.78. The first-order valence-electron chi connectivity index (χ1n) is 7.38. The molecule has 0 spiro atoms. The number of rotatable bonds is 2. The number of halogens is 7. The van der Waals surface area contributed by atoms with Gasteiger partial charge in [0.2, 0.25) is 0 Å². The summed E-state index contributed by atoms with van der Waals surface area (Å²) in [6.07, 6.45) is -9.81. The Bertz CT molecular complexity index is 857. The molecule has 0 radical (unpaired) electrons. The van der Waals surface area contributed by atoms with E-state index in [1.165, 1.54) is 12.1 Å². The molecule has 0 amide bonds. The predicted octanol–water partition coefficient (Wildman–Crippen LogP) is 4.50. The molecule has 0 aliphatic carbocycles. The second-order valence-electron chi connectivity index (χ2n) is 5.71. The minimum atomic E-state index is -4.97. The third kappa shape index (κ3) is 3.97. The number of nitrogens with two attached hydrogens (primary N) is 1. The number of hydrogen-bond acceptors (Lipinski definition) is 4. The van der Waals surface area contributed by atoms with Crippen molar-refractivity contribution in [3.63, 3.8) is 0 Å². The van der Waals surface area contributed by atoms with Crippen molar-refractivity contribution in [1.29, 1.82) is 0 Å². The molecule has 0 saturated heterocycles. The first kappa shape index (κ1) is 19.0. The molecule has 4 nitrogen and oxygen atoms in total. The van der Waals surface area contributed by atoms with E-state index < -0.39 is 41.1 Å². The normalized spacial score (nSPS) is 17.6. The third-order valence-corrected chi connectivity index (χ3v) is 3.78. The van der Waals surface area contributed by atoms with Crippen molar-refractivity contribution < 1.29 is 30.7 Å². The Morgan fingerprint density at radius 1 is 0.926 bits per heavy atom. The molecule has 0 fully saturated rings. The largest absolute Gasteiger partial charge is 0.416 e. The van der Waals surface area contributed by atoms with Crippen LogP contribution < -0.4 is 16.2 Å². The summed E-state index contributed by atoms with van der Waals surface area (Å²) in [4.78, 5) is 3.94. The fourth-order valence-corrected chi connectivity index (χ4v) is 2.42. The summed E-state index contributed by atoms with van der Waals surface area (Å²) in [5, 5.41) is 0.906. The maximum atomic E-state index is 13.6. The molecule has 3 rings (SSSR count). The van der Waals surface area contributed by atoms with Gasteiger partial charge in [0, 0.05) is 0 Å². The molecule has 2 aromatic carbocycles. The molecule has 11 heteroatoms. The summed E-state index contributed by atoms with van der Waals surface area (Å²) in [5.74, 6) is -0.721. The van der Waals surface area contributed by atoms with E-state index in [1.807, 2.05) is 0 Å². The lowest BCUT2D eigenvalue weighted by molar-refractivity contribution is -0.143. The zero-order valence-corrected chi connectivity index (χ0v) is 13.2. The lowest BCUT2D eigenvalue weighted by Gasteiger charge is -2.21. The number of anilines is 2. The lowest BCUT2D eigenvalue weighted by atomic mass is 10.1. The second kappa shape index (κ2) is 6.41. The number of benzene rings is 2. The smallest absolute Gasteiger partial charge is 0.396 e. The van der Waals surface area contributed by atoms with E-state index in [0.717, 1.165) is 17.4 Å². The minimum Gasteiger partial charge on any atom is -0.396 e. The number of nitrogens with zero attached hydrogens (tertiary/aromatic N) is 2. The van der Waals surface area contributed by atoms with Crippen molar-refractivity contribution in [2.45, 2.75) is 18.5 Å². The molecule has 2 aromatic rings. The number of aliphatic imine (C=N–C) groups is 1. The Labute approximate surface area is 148 Å². The molecule has 1 heterocycles. The Balaban J connectivity index is 1.93. The van der Waals surface area contributed by atoms with Crippen LogP contribution in [0.2, 0.25) is 0 Å². The van der Waals surface area contributed by atoms with Crippen molar-refractivity contribution in [3.05, 3.63) is 58.9 Å². The van der Waals surface area contributed by atoms with Gasteiger partial charge in [0.05, 0.1) is 22.5 Å². The van der Waals surface area contributed by atoms with Gasteiger partial charge in [-0.05, 0) is 35.9 Å². The first-order valence-corrected chi connectivity index (χ1v) is 7.38. The van der Waals surface area contributed by atoms with E-state index >= 15 is 0 Å². The Morgan fingerprint density at radius 3 is 2.04 bits per heavy atom. The number of hydrazine groups is 1. The quantitative estimate of drug-likeness (QED) is 0.585. The molecule has 0 saturated carbocycles. The van der Waals surface area contributed by atoms with Gasteiger partial charge in [-0.2, -0.15) is 31.8 Å². The lowest BCUT2D eigenvalue weighted by Crippen LogP contribution is -2.33. The summed E-state index contributed by atoms with van der Waals surface area (Å²) in [7, 11) is 0. The Hall–Kier alpha value is -2.82. The summed E-state index contributed by atoms with van der Waals surface area (Å²) in [6, 6.07) is 4.92. The van der Waals surface area contributed by atoms with Gasteiger partial charge >= 0.3 is 12.4 Å². The van der Waals surface area contributed by atoms with E-state index in [0.29, 0.717) is 17.7 Å². The van der Waals surface area contributed by atoms with Crippen molar-refractivity contribution in [2.24, 2.45) is 4.99 Å². The number of hydrogen-bond donors (Lipinski definition) is 2. The van der Waals surface area contributed by atoms with Gasteiger partial charge in [-0.25, -0.2) is 9.38 Å². The maximum Gasteiger partial charge on any atom is 0.416 e. The fraction of sp³-hybridized carbons (Fsp3) is 0.188. The average molecular weight is 392 g/mol. The molecule has 3 N–H and O–H groups in total. The van der Waals surface area contributed by atoms with Crippen LogP contribution >= 0.6 is 0 Å². The molecule has 0 aromatic heterocycles. The van der Waals surface area contributed by atoms with Crippen LogP contribution in [-0.2, 0) is 12.4 Å². The van der Waals surface area contributed by atoms with Crippen LogP contribution in [0.3, 0.4) is 0 Å². The molecule has 1 unspecified atom stereocenters. The zero-order valence-electron chi connectivity index (χ0n) is 13.2. The molecule has 0 bridgehead atoms. The molecule has 27 heavy (non-hydrogen) atoms. The van der Waals surface area contributed by atoms with Gasteiger partial charge in [0.25, 0.3) is 0 Å². The number of nitrogens with one attached hydrogen (secondary N) is 1. The predicted molar refractivity (Wildman–Crippen MR) is 84.1 cm³/mol. The standard InChI is InChI=1S/C16H11F7N4/c17-12-3-8(1-2-13(12)24)14-25-7-27(26-14)11-5-9(15(18,19)20)4-10(6-11)16(21,22)23/h1-7,14,26H,24H2. The highest BCUT2D eigenvalue weighted by atomic mass is 19.4. The van der Waals surface area contributed by atoms with Crippen LogP contribution in [-0.4, -0.2) is 6.34 Å². The highest BCUT2D eigenvalue weighted by Gasteiger charge is 2.37. The van der Waals surface area contributed by atoms with Crippen molar-refractivity contribution in [3.8, 4) is 0 Å². The topological polar surface area (TPSA) is 53.6 Å². The Morgan fingerprint density at radius 2 is 1.52 bits per heavy atom. The molecule has 1 aliphatic heterocycles. The van der Waals surface area contributed by atoms with Gasteiger partial charge in [-0.1, -0.05) is 6.07 Å². The van der Waals surface area contributed by atoms with Crippen LogP contribution in [0.15, 0.2) is 41.4 Å². The summed E-state index contributed by atoms with van der Waals surface area (Å²) >= 11 is 0. The van der Waals surface area contributed by atoms with E-state index in [1.54, 1.807) is 0 Å². The highest BCUT2D eigenvalue weighted by molar-refractivity contribution is 5.80. The maximum absolute atomic E-state index is 13.6. The molecular weight excluding hydrogens is 381 g/mol. The highest BCUT2D eigenvalue weighted by Crippen LogP contribution is 2.38. The SMILES string of the molecule is Nc1ccc(C2N=CN(c3cc(C(F)(F)F)cc(C(F)(F)F)c3)N2)cc1F. The van der Waals surface area contributed by atoms with Crippen molar-refractivity contribution >= 4 is 17.7 Å². The van der Waals surface area contributed by atoms with Crippen molar-refractivity contribution in [2.75, 3.05) is 10.7 Å². The number of alkyl halides is 6. The molecule has 144 valence electrons. The van der Waals surface area contributed by atoms with Crippen LogP contribution in [0.5, 0.6) is 0 Å². The zero-order chi connectivity index (χ0) is 20.0. The summed E-state index contributed by atoms with van der Waals surface area (Å²) < 4.78 is 91.3. The molecule has 1 atom stereocenters. The first-order chi connectivity index (χ1) is 12.4. The number of nitrogen functional groups attached to an aromatic ring is 1. The van der Waals surface area contributed by atoms with Gasteiger partial charge in [-0.15, -0.1) is 0 Å². The molecular formula is C16H11F7N4. The van der Waals surface area contributed by atoms with Gasteiger partial charge in [0.1, 0.15) is 18.3 Å². The summed E-state index contributed by atoms with van der Waals surface area (Å²) in [6.45, 7) is 0. The van der Waals surface area contributed by atoms with E-state index in [-0.39, 0.29) is 11.8 Å². The van der Waals surface area contributed by atoms with E-state index in [2.05, 4.69) is 10.4 Å². The van der Waals surface area contributed by atoms with Crippen molar-refractivity contribution in [1.82, 2.24) is 5.43 Å². The van der Waals surface area contributed by atoms with Gasteiger partial charge in [-0.3, -0.25) is 5.01 Å². The fourth-order valence-electron chi connectivity index (χ4n) is 2.42. The monoisotopic (exact) mass is 392 g/mol. The second-order valence-corrected chi connectivity index (χ2v) is 5.71.